The first kappa shape index (κ1) is 43.2. The number of rotatable bonds is 20. The Morgan fingerprint density at radius 3 is 2.53 bits per heavy atom. The van der Waals surface area contributed by atoms with E-state index in [1.54, 1.807) is 0 Å². The maximum atomic E-state index is 12.6. The highest BCUT2D eigenvalue weighted by molar-refractivity contribution is 14.2. The van der Waals surface area contributed by atoms with Crippen LogP contribution in [0, 0.1) is 12.8 Å². The number of aliphatic hydroxyl groups excluding tert-OH is 4. The van der Waals surface area contributed by atoms with Gasteiger partial charge in [-0.05, 0) is 88.7 Å². The molecule has 3 rings (SSSR count). The van der Waals surface area contributed by atoms with Crippen LogP contribution in [0.15, 0.2) is 29.5 Å². The van der Waals surface area contributed by atoms with E-state index in [-0.39, 0.29) is 18.2 Å². The highest BCUT2D eigenvalue weighted by Gasteiger charge is 2.45. The summed E-state index contributed by atoms with van der Waals surface area (Å²) in [6, 6.07) is 5.29. The number of alkyl halides is 1. The highest BCUT2D eigenvalue weighted by atomic mass is 127. The van der Waals surface area contributed by atoms with Gasteiger partial charge in [0.25, 0.3) is 0 Å². The summed E-state index contributed by atoms with van der Waals surface area (Å²) in [5.74, 6) is 0.132. The topological polar surface area (TPSA) is 231 Å². The fourth-order valence-corrected chi connectivity index (χ4v) is 8.42. The van der Waals surface area contributed by atoms with Crippen LogP contribution >= 0.6 is 20.7 Å². The predicted octanol–water partition coefficient (Wildman–Crippen LogP) is 0.594. The van der Waals surface area contributed by atoms with Gasteiger partial charge in [0.2, 0.25) is 11.8 Å². The van der Waals surface area contributed by atoms with Crippen molar-refractivity contribution in [2.75, 3.05) is 37.3 Å². The molecule has 1 aromatic rings. The molecule has 0 bridgehead atoms. The Kier molecular flexibility index (Phi) is 17.7. The lowest BCUT2D eigenvalue weighted by molar-refractivity contribution is -0.280. The summed E-state index contributed by atoms with van der Waals surface area (Å²) in [6.07, 6.45) is -3.29. The van der Waals surface area contributed by atoms with Crippen LogP contribution in [0.5, 0.6) is 5.75 Å². The normalized spacial score (nSPS) is 23.5. The van der Waals surface area contributed by atoms with E-state index in [1.165, 1.54) is 0 Å². The van der Waals surface area contributed by atoms with Gasteiger partial charge in [-0.1, -0.05) is 40.6 Å². The standard InChI is InChI=1S/C36H60IN5O9/c1-21(2)29-25(33(37-12-15-40-29)51-35-32(47)31(46)30(45)27(20-43)50-35)18-23-10-11-24(17-22(23)3)49-16-8-14-41-36(4,5)19-28(44)42-26(34(39)48)9-6-7-13-38/h10-11,17,21,26-27,30-32,35,40-41,43,45-47H,6-9,12-16,18-20,38H2,1-5H3,(H2,39,48)(H,42,44)/t26-,27+,30+,31?,32+,35?/m0/s1. The molecule has 0 aromatic heterocycles. The molecule has 0 saturated carbocycles. The van der Waals surface area contributed by atoms with E-state index in [4.69, 9.17) is 25.7 Å². The van der Waals surface area contributed by atoms with Gasteiger partial charge < -0.3 is 62.1 Å². The van der Waals surface area contributed by atoms with E-state index in [0.717, 1.165) is 49.2 Å². The van der Waals surface area contributed by atoms with Crippen molar-refractivity contribution in [2.24, 2.45) is 17.4 Å². The molecule has 0 radical (unpaired) electrons. The molecule has 2 heterocycles. The van der Waals surface area contributed by atoms with Gasteiger partial charge in [-0.25, -0.2) is 0 Å². The molecule has 11 N–H and O–H groups in total. The number of carbonyl (C=O) groups is 2. The molecule has 0 spiro atoms. The number of nitrogens with one attached hydrogen (secondary N) is 3. The number of unbranched alkanes of at least 4 members (excludes halogenated alkanes) is 1. The third-order valence-electron chi connectivity index (χ3n) is 8.94. The molecule has 1 fully saturated rings. The second-order valence-electron chi connectivity index (χ2n) is 14.1. The Morgan fingerprint density at radius 2 is 1.88 bits per heavy atom. The van der Waals surface area contributed by atoms with Crippen molar-refractivity contribution in [1.29, 1.82) is 0 Å². The SMILES string of the molecule is Cc1cc(OCCCNC(C)(C)CC(=O)N[C@@H](CCCCN)C(N)=O)ccc1CC1=C(C(C)C)NCCI=C1OC1O[C@H](CO)[C@@H](O)C(O)[C@H]1O. The summed E-state index contributed by atoms with van der Waals surface area (Å²) in [5, 5.41) is 50.7. The molecular formula is C36H60IN5O9. The largest absolute Gasteiger partial charge is 0.494 e. The van der Waals surface area contributed by atoms with Crippen LogP contribution in [-0.4, -0.2) is 115 Å². The van der Waals surface area contributed by atoms with Crippen molar-refractivity contribution in [1.82, 2.24) is 16.0 Å². The summed E-state index contributed by atoms with van der Waals surface area (Å²) in [6.45, 7) is 12.0. The van der Waals surface area contributed by atoms with Gasteiger partial charge in [0.15, 0.2) is 6.29 Å². The summed E-state index contributed by atoms with van der Waals surface area (Å²) in [7, 11) is 0. The van der Waals surface area contributed by atoms with Crippen LogP contribution in [0.1, 0.15) is 70.9 Å². The molecule has 2 aliphatic rings. The molecule has 1 saturated heterocycles. The highest BCUT2D eigenvalue weighted by Crippen LogP contribution is 2.30. The molecular weight excluding hydrogens is 773 g/mol. The fraction of sp³-hybridized carbons (Fsp3) is 0.694. The van der Waals surface area contributed by atoms with Gasteiger partial charge >= 0.3 is 0 Å². The number of aliphatic hydroxyl groups is 4. The zero-order valence-electron chi connectivity index (χ0n) is 30.6. The van der Waals surface area contributed by atoms with E-state index in [1.807, 2.05) is 39.0 Å². The number of ether oxygens (including phenoxy) is 3. The van der Waals surface area contributed by atoms with Crippen LogP contribution in [0.25, 0.3) is 0 Å². The minimum atomic E-state index is -1.51. The van der Waals surface area contributed by atoms with Gasteiger partial charge in [-0.3, -0.25) is 9.59 Å². The van der Waals surface area contributed by atoms with Gasteiger partial charge in [0.1, 0.15) is 39.9 Å². The lowest BCUT2D eigenvalue weighted by Gasteiger charge is -2.39. The Labute approximate surface area is 311 Å². The number of allylic oxidation sites excluding steroid dienone is 1. The van der Waals surface area contributed by atoms with Gasteiger partial charge in [-0.2, -0.15) is 0 Å². The zero-order valence-corrected chi connectivity index (χ0v) is 32.8. The van der Waals surface area contributed by atoms with Gasteiger partial charge in [0, 0.05) is 40.6 Å². The summed E-state index contributed by atoms with van der Waals surface area (Å²) >= 11 is -0.613. The smallest absolute Gasteiger partial charge is 0.239 e. The van der Waals surface area contributed by atoms with Crippen molar-refractivity contribution in [3.63, 3.8) is 0 Å². The van der Waals surface area contributed by atoms with Crippen molar-refractivity contribution in [2.45, 2.75) is 115 Å². The maximum Gasteiger partial charge on any atom is 0.239 e. The minimum Gasteiger partial charge on any atom is -0.494 e. The lowest BCUT2D eigenvalue weighted by Crippen LogP contribution is -2.59. The number of carbonyl (C=O) groups excluding carboxylic acids is 2. The predicted molar refractivity (Wildman–Crippen MR) is 204 cm³/mol. The van der Waals surface area contributed by atoms with E-state index < -0.39 is 75.5 Å². The minimum absolute atomic E-state index is 0.171. The lowest BCUT2D eigenvalue weighted by atomic mass is 9.95. The van der Waals surface area contributed by atoms with E-state index >= 15 is 0 Å². The first-order chi connectivity index (χ1) is 24.2. The summed E-state index contributed by atoms with van der Waals surface area (Å²) in [5.41, 5.74) is 14.7. The van der Waals surface area contributed by atoms with Crippen molar-refractivity contribution >= 4 is 36.2 Å². The average molecular weight is 834 g/mol. The molecule has 0 aliphatic carbocycles. The molecule has 14 nitrogen and oxygen atoms in total. The number of hydrogen-bond acceptors (Lipinski definition) is 12. The first-order valence-corrected chi connectivity index (χ1v) is 20.4. The van der Waals surface area contributed by atoms with Crippen LogP contribution in [0.3, 0.4) is 0 Å². The Bertz CT molecular complexity index is 1360. The third kappa shape index (κ3) is 13.3. The Morgan fingerprint density at radius 1 is 1.14 bits per heavy atom. The molecule has 1 aromatic carbocycles. The number of aryl methyl sites for hydroxylation is 1. The number of nitrogens with two attached hydrogens (primary N) is 2. The fourth-order valence-electron chi connectivity index (χ4n) is 6.02. The van der Waals surface area contributed by atoms with Crippen molar-refractivity contribution in [3.05, 3.63) is 40.6 Å². The quantitative estimate of drug-likeness (QED) is 0.0500. The maximum absolute atomic E-state index is 12.6. The molecule has 6 atom stereocenters. The molecule has 2 aliphatic heterocycles. The van der Waals surface area contributed by atoms with Crippen molar-refractivity contribution < 1.29 is 44.2 Å². The van der Waals surface area contributed by atoms with Crippen molar-refractivity contribution in [3.8, 4) is 5.75 Å². The zero-order chi connectivity index (χ0) is 37.7. The van der Waals surface area contributed by atoms with Crippen LogP contribution < -0.4 is 32.2 Å². The van der Waals surface area contributed by atoms with Gasteiger partial charge in [0.05, 0.1) is 13.2 Å². The number of hydrogen-bond donors (Lipinski definition) is 9. The third-order valence-corrected chi connectivity index (χ3v) is 11.6. The second kappa shape index (κ2) is 20.9. The number of primary amides is 1. The number of halogens is 1. The van der Waals surface area contributed by atoms with Crippen LogP contribution in [0.2, 0.25) is 0 Å². The summed E-state index contributed by atoms with van der Waals surface area (Å²) in [4.78, 5) is 24.4. The molecule has 2 unspecified atom stereocenters. The van der Waals surface area contributed by atoms with Crippen LogP contribution in [-0.2, 0) is 25.5 Å². The Balaban J connectivity index is 1.57. The van der Waals surface area contributed by atoms with E-state index in [2.05, 4.69) is 29.8 Å². The van der Waals surface area contributed by atoms with E-state index in [9.17, 15) is 30.0 Å². The number of benzene rings is 1. The Hall–Kier alpha value is -2.22. The van der Waals surface area contributed by atoms with Crippen LogP contribution in [0.4, 0.5) is 0 Å². The monoisotopic (exact) mass is 833 g/mol. The molecule has 2 amide bonds. The molecule has 290 valence electrons. The molecule has 51 heavy (non-hydrogen) atoms. The average Bonchev–Trinajstić information content (AvgIpc) is 3.27. The number of amides is 2. The second-order valence-corrected chi connectivity index (χ2v) is 17.0. The van der Waals surface area contributed by atoms with E-state index in [0.29, 0.717) is 45.4 Å². The molecule has 15 heteroatoms. The summed E-state index contributed by atoms with van der Waals surface area (Å²) < 4.78 is 19.7. The van der Waals surface area contributed by atoms with Gasteiger partial charge in [-0.15, -0.1) is 0 Å². The first-order valence-electron chi connectivity index (χ1n) is 17.8.